The number of anilines is 1. The molecule has 1 atom stereocenters. The zero-order chi connectivity index (χ0) is 20.1. The first-order valence-corrected chi connectivity index (χ1v) is 12.4. The Morgan fingerprint density at radius 2 is 2.25 bits per heavy atom. The van der Waals surface area contributed by atoms with Gasteiger partial charge in [0.25, 0.3) is 10.0 Å². The Hall–Kier alpha value is -1.54. The van der Waals surface area contributed by atoms with Crippen LogP contribution in [0.5, 0.6) is 0 Å². The molecule has 1 amide bonds. The third-order valence-electron chi connectivity index (χ3n) is 4.02. The lowest BCUT2D eigenvalue weighted by molar-refractivity contribution is -0.137. The fraction of sp³-hybridized carbons (Fsp3) is 0.467. The molecule has 3 rings (SSSR count). The number of carbonyl (C=O) groups is 2. The van der Waals surface area contributed by atoms with Crippen molar-refractivity contribution in [3.05, 3.63) is 17.5 Å². The molecule has 0 saturated carbocycles. The predicted octanol–water partition coefficient (Wildman–Crippen LogP) is 1.90. The van der Waals surface area contributed by atoms with Crippen molar-refractivity contribution in [1.29, 1.82) is 0 Å². The first kappa shape index (κ1) is 21.2. The molecule has 0 bridgehead atoms. The van der Waals surface area contributed by atoms with Crippen LogP contribution in [0.3, 0.4) is 0 Å². The van der Waals surface area contributed by atoms with E-state index in [-0.39, 0.29) is 28.4 Å². The smallest absolute Gasteiger partial charge is 0.316 e. The third kappa shape index (κ3) is 5.08. The molecule has 3 heterocycles. The van der Waals surface area contributed by atoms with Gasteiger partial charge in [0.1, 0.15) is 4.21 Å². The van der Waals surface area contributed by atoms with E-state index in [4.69, 9.17) is 0 Å². The van der Waals surface area contributed by atoms with E-state index in [0.717, 1.165) is 22.7 Å². The Morgan fingerprint density at radius 3 is 2.96 bits per heavy atom. The Balaban J connectivity index is 1.59. The van der Waals surface area contributed by atoms with Crippen LogP contribution >= 0.6 is 34.4 Å². The van der Waals surface area contributed by atoms with Gasteiger partial charge in [0.2, 0.25) is 11.0 Å². The summed E-state index contributed by atoms with van der Waals surface area (Å²) in [6, 6.07) is 3.26. The van der Waals surface area contributed by atoms with Crippen LogP contribution in [0.15, 0.2) is 26.1 Å². The molecular weight excluding hydrogens is 444 g/mol. The molecule has 1 fully saturated rings. The molecule has 0 radical (unpaired) electrons. The number of hydrogen-bond acceptors (Lipinski definition) is 10. The van der Waals surface area contributed by atoms with Gasteiger partial charge >= 0.3 is 5.97 Å². The summed E-state index contributed by atoms with van der Waals surface area (Å²) in [7, 11) is -2.27. The topological polar surface area (TPSA) is 119 Å². The normalized spacial score (nSPS) is 18.0. The van der Waals surface area contributed by atoms with Crippen molar-refractivity contribution in [2.45, 2.75) is 21.4 Å². The van der Waals surface area contributed by atoms with Crippen molar-refractivity contribution in [2.75, 3.05) is 31.3 Å². The number of aromatic nitrogens is 2. The summed E-state index contributed by atoms with van der Waals surface area (Å²) >= 11 is 3.49. The molecule has 28 heavy (non-hydrogen) atoms. The Bertz CT molecular complexity index is 928. The number of carbonyl (C=O) groups excluding carboxylic acids is 2. The van der Waals surface area contributed by atoms with Gasteiger partial charge in [-0.25, -0.2) is 8.42 Å². The molecule has 152 valence electrons. The zero-order valence-electron chi connectivity index (χ0n) is 14.9. The fourth-order valence-corrected chi connectivity index (χ4v) is 6.87. The fourth-order valence-electron chi connectivity index (χ4n) is 2.62. The van der Waals surface area contributed by atoms with Crippen molar-refractivity contribution >= 4 is 61.5 Å². The maximum absolute atomic E-state index is 12.7. The number of piperidine rings is 1. The van der Waals surface area contributed by atoms with Crippen molar-refractivity contribution in [2.24, 2.45) is 5.92 Å². The molecule has 9 nitrogen and oxygen atoms in total. The first-order valence-electron chi connectivity index (χ1n) is 8.28. The zero-order valence-corrected chi connectivity index (χ0v) is 18.1. The van der Waals surface area contributed by atoms with E-state index >= 15 is 0 Å². The number of thiophene rings is 1. The molecule has 1 saturated heterocycles. The van der Waals surface area contributed by atoms with Gasteiger partial charge in [0, 0.05) is 13.1 Å². The minimum absolute atomic E-state index is 0.108. The van der Waals surface area contributed by atoms with Gasteiger partial charge in [-0.05, 0) is 24.3 Å². The number of nitrogens with one attached hydrogen (secondary N) is 1. The van der Waals surface area contributed by atoms with Crippen LogP contribution in [-0.2, 0) is 24.3 Å². The summed E-state index contributed by atoms with van der Waals surface area (Å²) in [6.07, 6.45) is 1.21. The lowest BCUT2D eigenvalue weighted by Crippen LogP contribution is -2.43. The van der Waals surface area contributed by atoms with Crippen molar-refractivity contribution in [1.82, 2.24) is 14.5 Å². The second kappa shape index (κ2) is 9.31. The molecule has 0 spiro atoms. The highest BCUT2D eigenvalue weighted by Crippen LogP contribution is 2.29. The minimum atomic E-state index is -3.57. The molecule has 1 N–H and O–H groups in total. The third-order valence-corrected chi connectivity index (χ3v) is 9.21. The Morgan fingerprint density at radius 1 is 1.43 bits per heavy atom. The number of rotatable bonds is 7. The van der Waals surface area contributed by atoms with Crippen LogP contribution in [0.25, 0.3) is 0 Å². The molecule has 13 heteroatoms. The first-order chi connectivity index (χ1) is 13.4. The summed E-state index contributed by atoms with van der Waals surface area (Å²) < 4.78 is 32.1. The number of amides is 1. The van der Waals surface area contributed by atoms with E-state index in [1.165, 1.54) is 23.2 Å². The molecule has 2 aromatic rings. The van der Waals surface area contributed by atoms with Gasteiger partial charge in [-0.2, -0.15) is 4.31 Å². The summed E-state index contributed by atoms with van der Waals surface area (Å²) in [6.45, 7) is 0.534. The van der Waals surface area contributed by atoms with E-state index in [1.54, 1.807) is 17.5 Å². The second-order valence-corrected chi connectivity index (χ2v) is 11.2. The molecule has 1 aliphatic heterocycles. The van der Waals surface area contributed by atoms with Gasteiger partial charge in [-0.15, -0.1) is 21.5 Å². The molecule has 0 unspecified atom stereocenters. The number of hydrogen-bond donors (Lipinski definition) is 1. The molecule has 0 aliphatic carbocycles. The van der Waals surface area contributed by atoms with E-state index < -0.39 is 15.9 Å². The number of thioether (sulfide) groups is 1. The van der Waals surface area contributed by atoms with Gasteiger partial charge in [0.05, 0.1) is 18.8 Å². The average Bonchev–Trinajstić information content (AvgIpc) is 3.38. The van der Waals surface area contributed by atoms with E-state index in [1.807, 2.05) is 0 Å². The SMILES string of the molecule is COC(=O)CSc1nnc(NC(=O)[C@@H]2CCCN(S(=O)(=O)c3cccs3)C2)s1. The van der Waals surface area contributed by atoms with Gasteiger partial charge in [0.15, 0.2) is 4.34 Å². The predicted molar refractivity (Wildman–Crippen MR) is 107 cm³/mol. The summed E-state index contributed by atoms with van der Waals surface area (Å²) in [5, 5.41) is 12.5. The largest absolute Gasteiger partial charge is 0.468 e. The second-order valence-electron chi connectivity index (χ2n) is 5.86. The monoisotopic (exact) mass is 462 g/mol. The summed E-state index contributed by atoms with van der Waals surface area (Å²) in [5.74, 6) is -1.01. The number of nitrogens with zero attached hydrogens (tertiary/aromatic N) is 3. The highest BCUT2D eigenvalue weighted by atomic mass is 32.2. The van der Waals surface area contributed by atoms with Gasteiger partial charge < -0.3 is 10.1 Å². The average molecular weight is 463 g/mol. The summed E-state index contributed by atoms with van der Waals surface area (Å²) in [5.41, 5.74) is 0. The molecule has 0 aromatic carbocycles. The highest BCUT2D eigenvalue weighted by molar-refractivity contribution is 8.01. The van der Waals surface area contributed by atoms with E-state index in [9.17, 15) is 18.0 Å². The van der Waals surface area contributed by atoms with Gasteiger partial charge in [-0.1, -0.05) is 29.2 Å². The maximum atomic E-state index is 12.7. The van der Waals surface area contributed by atoms with Crippen molar-refractivity contribution in [3.63, 3.8) is 0 Å². The lowest BCUT2D eigenvalue weighted by atomic mass is 9.99. The van der Waals surface area contributed by atoms with Crippen LogP contribution in [0, 0.1) is 5.92 Å². The summed E-state index contributed by atoms with van der Waals surface area (Å²) in [4.78, 5) is 23.7. The number of methoxy groups -OCH3 is 1. The van der Waals surface area contributed by atoms with Crippen molar-refractivity contribution in [3.8, 4) is 0 Å². The van der Waals surface area contributed by atoms with E-state index in [2.05, 4.69) is 20.3 Å². The number of esters is 1. The Kier molecular flexibility index (Phi) is 7.04. The molecule has 1 aliphatic rings. The lowest BCUT2D eigenvalue weighted by Gasteiger charge is -2.30. The minimum Gasteiger partial charge on any atom is -0.468 e. The molecule has 2 aromatic heterocycles. The molecular formula is C15H18N4O5S4. The van der Waals surface area contributed by atoms with Crippen LogP contribution in [0.4, 0.5) is 5.13 Å². The van der Waals surface area contributed by atoms with Crippen LogP contribution in [0.2, 0.25) is 0 Å². The number of sulfonamides is 1. The van der Waals surface area contributed by atoms with Crippen LogP contribution in [-0.4, -0.2) is 60.7 Å². The van der Waals surface area contributed by atoms with Gasteiger partial charge in [-0.3, -0.25) is 9.59 Å². The van der Waals surface area contributed by atoms with Crippen molar-refractivity contribution < 1.29 is 22.7 Å². The highest BCUT2D eigenvalue weighted by Gasteiger charge is 2.34. The quantitative estimate of drug-likeness (QED) is 0.377. The van der Waals surface area contributed by atoms with E-state index in [0.29, 0.717) is 28.9 Å². The Labute approximate surface area is 174 Å². The van der Waals surface area contributed by atoms with Crippen LogP contribution in [0.1, 0.15) is 12.8 Å². The maximum Gasteiger partial charge on any atom is 0.316 e. The van der Waals surface area contributed by atoms with Crippen LogP contribution < -0.4 is 5.32 Å². The number of ether oxygens (including phenoxy) is 1. The standard InChI is InChI=1S/C15H18N4O5S4/c1-24-11(20)9-26-15-18-17-14(27-15)16-13(21)10-4-2-6-19(8-10)28(22,23)12-5-3-7-25-12/h3,5,7,10H,2,4,6,8-9H2,1H3,(H,16,17,21)/t10-/m1/s1.